The van der Waals surface area contributed by atoms with Crippen molar-refractivity contribution >= 4 is 39.2 Å². The van der Waals surface area contributed by atoms with Crippen LogP contribution in [0.4, 0.5) is 11.4 Å². The second-order valence-electron chi connectivity index (χ2n) is 9.15. The van der Waals surface area contributed by atoms with Crippen molar-refractivity contribution in [2.45, 2.75) is 44.0 Å². The van der Waals surface area contributed by atoms with Gasteiger partial charge in [0.05, 0.1) is 16.9 Å². The number of anilines is 2. The van der Waals surface area contributed by atoms with Crippen LogP contribution in [0.5, 0.6) is 0 Å². The molecule has 1 saturated carbocycles. The number of carbonyl (C=O) groups excluding carboxylic acids is 2. The van der Waals surface area contributed by atoms with Crippen LogP contribution >= 0.6 is 0 Å². The van der Waals surface area contributed by atoms with Crippen molar-refractivity contribution in [3.05, 3.63) is 89.0 Å². The Morgan fingerprint density at radius 2 is 1.63 bits per heavy atom. The predicted octanol–water partition coefficient (Wildman–Crippen LogP) is 3.98. The second kappa shape index (κ2) is 11.2. The van der Waals surface area contributed by atoms with Crippen LogP contribution in [-0.2, 0) is 21.2 Å². The van der Waals surface area contributed by atoms with E-state index in [1.165, 1.54) is 23.1 Å². The van der Waals surface area contributed by atoms with Gasteiger partial charge in [-0.1, -0.05) is 18.2 Å². The van der Waals surface area contributed by atoms with Crippen molar-refractivity contribution in [1.29, 1.82) is 0 Å². The second-order valence-corrected chi connectivity index (χ2v) is 10.9. The average Bonchev–Trinajstić information content (AvgIpc) is 3.69. The summed E-state index contributed by atoms with van der Waals surface area (Å²) >= 11 is 0. The number of benzene rings is 3. The molecule has 3 aromatic carbocycles. The van der Waals surface area contributed by atoms with E-state index in [2.05, 4.69) is 10.0 Å². The van der Waals surface area contributed by atoms with Crippen molar-refractivity contribution in [3.8, 4) is 0 Å². The molecule has 2 amide bonds. The van der Waals surface area contributed by atoms with Crippen molar-refractivity contribution in [1.82, 2.24) is 4.72 Å². The van der Waals surface area contributed by atoms with E-state index in [4.69, 9.17) is 0 Å². The molecule has 38 heavy (non-hydrogen) atoms. The predicted molar refractivity (Wildman–Crippen MR) is 144 cm³/mol. The number of sulfonamides is 1. The van der Waals surface area contributed by atoms with Crippen molar-refractivity contribution in [2.24, 2.45) is 0 Å². The minimum absolute atomic E-state index is 0.0180. The number of nitrogens with one attached hydrogen (secondary N) is 2. The molecular weight excluding hydrogens is 506 g/mol. The molecule has 0 bridgehead atoms. The van der Waals surface area contributed by atoms with Gasteiger partial charge in [0.1, 0.15) is 0 Å². The van der Waals surface area contributed by atoms with Gasteiger partial charge in [-0.3, -0.25) is 9.59 Å². The van der Waals surface area contributed by atoms with Crippen LogP contribution in [0.1, 0.15) is 51.6 Å². The number of carbonyl (C=O) groups is 3. The highest BCUT2D eigenvalue weighted by Crippen LogP contribution is 2.26. The summed E-state index contributed by atoms with van der Waals surface area (Å²) in [4.78, 5) is 38.9. The summed E-state index contributed by atoms with van der Waals surface area (Å²) in [5.41, 5.74) is 2.73. The molecule has 0 heterocycles. The number of nitrogens with zero attached hydrogens (tertiary/aromatic N) is 1. The molecule has 0 saturated heterocycles. The lowest BCUT2D eigenvalue weighted by Gasteiger charge is -2.24. The summed E-state index contributed by atoms with van der Waals surface area (Å²) in [6.07, 6.45) is 1.76. The van der Waals surface area contributed by atoms with E-state index in [0.29, 0.717) is 34.6 Å². The highest BCUT2D eigenvalue weighted by atomic mass is 32.2. The van der Waals surface area contributed by atoms with Gasteiger partial charge in [0.2, 0.25) is 15.9 Å². The van der Waals surface area contributed by atoms with Gasteiger partial charge in [0.25, 0.3) is 5.91 Å². The normalized spacial score (nSPS) is 13.1. The molecule has 0 radical (unpaired) electrons. The lowest BCUT2D eigenvalue weighted by Crippen LogP contribution is -2.31. The van der Waals surface area contributed by atoms with Crippen LogP contribution < -0.4 is 14.9 Å². The number of hydrogen-bond acceptors (Lipinski definition) is 5. The third kappa shape index (κ3) is 6.27. The highest BCUT2D eigenvalue weighted by Gasteiger charge is 2.28. The first-order chi connectivity index (χ1) is 18.1. The van der Waals surface area contributed by atoms with Crippen LogP contribution in [-0.4, -0.2) is 43.9 Å². The molecule has 10 heteroatoms. The first kappa shape index (κ1) is 27.0. The molecule has 0 atom stereocenters. The summed E-state index contributed by atoms with van der Waals surface area (Å²) < 4.78 is 27.2. The Hall–Kier alpha value is -4.02. The van der Waals surface area contributed by atoms with E-state index < -0.39 is 16.0 Å². The first-order valence-electron chi connectivity index (χ1n) is 12.2. The molecule has 1 fully saturated rings. The number of hydrogen-bond donors (Lipinski definition) is 3. The molecule has 1 aliphatic rings. The molecule has 3 aromatic rings. The summed E-state index contributed by atoms with van der Waals surface area (Å²) in [5, 5.41) is 12.2. The van der Waals surface area contributed by atoms with Gasteiger partial charge in [0, 0.05) is 29.5 Å². The molecule has 9 nitrogen and oxygen atoms in total. The molecule has 0 aromatic heterocycles. The Morgan fingerprint density at radius 1 is 0.974 bits per heavy atom. The molecular formula is C28H29N3O6S. The fraction of sp³-hybridized carbons (Fsp3) is 0.250. The van der Waals surface area contributed by atoms with E-state index >= 15 is 0 Å². The monoisotopic (exact) mass is 535 g/mol. The van der Waals surface area contributed by atoms with Gasteiger partial charge in [-0.25, -0.2) is 17.9 Å². The first-order valence-corrected chi connectivity index (χ1v) is 13.7. The topological polar surface area (TPSA) is 133 Å². The van der Waals surface area contributed by atoms with Crippen molar-refractivity contribution in [2.75, 3.05) is 16.8 Å². The Labute approximate surface area is 221 Å². The van der Waals surface area contributed by atoms with Gasteiger partial charge in [-0.2, -0.15) is 0 Å². The van der Waals surface area contributed by atoms with E-state index in [1.807, 2.05) is 6.92 Å². The third-order valence-electron chi connectivity index (χ3n) is 6.30. The zero-order valence-electron chi connectivity index (χ0n) is 21.1. The Kier molecular flexibility index (Phi) is 7.94. The molecule has 0 aliphatic heterocycles. The molecule has 198 valence electrons. The fourth-order valence-corrected chi connectivity index (χ4v) is 5.39. The van der Waals surface area contributed by atoms with E-state index in [1.54, 1.807) is 55.5 Å². The van der Waals surface area contributed by atoms with Gasteiger partial charge in [-0.05, 0) is 86.3 Å². The van der Waals surface area contributed by atoms with E-state index in [0.717, 1.165) is 12.8 Å². The molecule has 4 rings (SSSR count). The largest absolute Gasteiger partial charge is 0.478 e. The molecule has 1 aliphatic carbocycles. The van der Waals surface area contributed by atoms with E-state index in [9.17, 15) is 27.9 Å². The smallest absolute Gasteiger partial charge is 0.336 e. The van der Waals surface area contributed by atoms with Crippen molar-refractivity contribution in [3.63, 3.8) is 0 Å². The summed E-state index contributed by atoms with van der Waals surface area (Å²) in [5.74, 6) is -1.63. The van der Waals surface area contributed by atoms with Gasteiger partial charge < -0.3 is 15.3 Å². The minimum atomic E-state index is -3.54. The summed E-state index contributed by atoms with van der Waals surface area (Å²) in [6, 6.07) is 17.5. The minimum Gasteiger partial charge on any atom is -0.478 e. The fourth-order valence-electron chi connectivity index (χ4n) is 4.09. The molecule has 0 unspecified atom stereocenters. The zero-order valence-corrected chi connectivity index (χ0v) is 21.9. The lowest BCUT2D eigenvalue weighted by molar-refractivity contribution is -0.115. The van der Waals surface area contributed by atoms with Crippen LogP contribution in [0.3, 0.4) is 0 Å². The molecule has 0 spiro atoms. The number of carboxylic acid groups (broad SMARTS) is 1. The van der Waals surface area contributed by atoms with E-state index in [-0.39, 0.29) is 34.7 Å². The number of carboxylic acids is 1. The Balaban J connectivity index is 1.39. The lowest BCUT2D eigenvalue weighted by atomic mass is 10.0. The van der Waals surface area contributed by atoms with Crippen LogP contribution in [0.15, 0.2) is 71.6 Å². The van der Waals surface area contributed by atoms with Gasteiger partial charge in [-0.15, -0.1) is 0 Å². The highest BCUT2D eigenvalue weighted by molar-refractivity contribution is 7.89. The van der Waals surface area contributed by atoms with Gasteiger partial charge >= 0.3 is 5.97 Å². The number of amides is 2. The summed E-state index contributed by atoms with van der Waals surface area (Å²) in [6.45, 7) is 3.83. The standard InChI is InChI=1S/C28H29N3O6S/c1-3-31(25-6-4-5-24(18(25)2)28(34)35)27(33)20-9-11-21(12-10-20)29-26(32)17-19-7-15-23(16-8-19)38(36,37)30-22-13-14-22/h4-12,15-16,22,30H,3,13-14,17H2,1-2H3,(H,29,32)(H,34,35). The van der Waals surface area contributed by atoms with Crippen LogP contribution in [0, 0.1) is 6.92 Å². The van der Waals surface area contributed by atoms with Crippen molar-refractivity contribution < 1.29 is 27.9 Å². The Bertz CT molecular complexity index is 1460. The van der Waals surface area contributed by atoms with Gasteiger partial charge in [0.15, 0.2) is 0 Å². The maximum atomic E-state index is 13.2. The maximum Gasteiger partial charge on any atom is 0.336 e. The summed E-state index contributed by atoms with van der Waals surface area (Å²) in [7, 11) is -3.54. The number of rotatable bonds is 10. The maximum absolute atomic E-state index is 13.2. The quantitative estimate of drug-likeness (QED) is 0.360. The SMILES string of the molecule is CCN(C(=O)c1ccc(NC(=O)Cc2ccc(S(=O)(=O)NC3CC3)cc2)cc1)c1cccc(C(=O)O)c1C. The molecule has 3 N–H and O–H groups in total. The van der Waals surface area contributed by atoms with Crippen LogP contribution in [0.25, 0.3) is 0 Å². The third-order valence-corrected chi connectivity index (χ3v) is 7.84. The van der Waals surface area contributed by atoms with Crippen LogP contribution in [0.2, 0.25) is 0 Å². The zero-order chi connectivity index (χ0) is 27.4. The Morgan fingerprint density at radius 3 is 2.21 bits per heavy atom. The number of aromatic carboxylic acids is 1. The average molecular weight is 536 g/mol.